The van der Waals surface area contributed by atoms with Gasteiger partial charge in [0.1, 0.15) is 5.69 Å². The lowest BCUT2D eigenvalue weighted by Crippen LogP contribution is -2.23. The van der Waals surface area contributed by atoms with E-state index in [1.807, 2.05) is 12.1 Å². The highest BCUT2D eigenvalue weighted by atomic mass is 16.2. The van der Waals surface area contributed by atoms with Crippen LogP contribution < -0.4 is 5.32 Å². The van der Waals surface area contributed by atoms with Crippen molar-refractivity contribution in [1.82, 2.24) is 15.2 Å². The molecule has 15 heavy (non-hydrogen) atoms. The highest BCUT2D eigenvalue weighted by Crippen LogP contribution is 2.04. The van der Waals surface area contributed by atoms with Gasteiger partial charge in [-0.15, -0.1) is 0 Å². The van der Waals surface area contributed by atoms with E-state index in [4.69, 9.17) is 0 Å². The number of nitrogens with zero attached hydrogens (tertiary/aromatic N) is 1. The fourth-order valence-electron chi connectivity index (χ4n) is 1.22. The van der Waals surface area contributed by atoms with Gasteiger partial charge in [0.15, 0.2) is 0 Å². The molecule has 0 aromatic carbocycles. The molecule has 0 aliphatic carbocycles. The Morgan fingerprint density at radius 2 is 2.13 bits per heavy atom. The molecule has 4 nitrogen and oxygen atoms in total. The van der Waals surface area contributed by atoms with Crippen LogP contribution in [0.25, 0.3) is 0 Å². The number of amides is 1. The number of aromatic nitrogens is 1. The fraction of sp³-hybridized carbons (Fsp3) is 0.545. The lowest BCUT2D eigenvalue weighted by molar-refractivity contribution is 0.0822. The van der Waals surface area contributed by atoms with Gasteiger partial charge in [-0.3, -0.25) is 4.79 Å². The van der Waals surface area contributed by atoms with Crippen LogP contribution in [0.5, 0.6) is 0 Å². The zero-order valence-corrected chi connectivity index (χ0v) is 9.79. The van der Waals surface area contributed by atoms with Gasteiger partial charge in [0.05, 0.1) is 0 Å². The molecule has 0 atom stereocenters. The maximum absolute atomic E-state index is 11.6. The molecule has 0 unspecified atom stereocenters. The highest BCUT2D eigenvalue weighted by Gasteiger charge is 2.09. The van der Waals surface area contributed by atoms with Crippen LogP contribution in [0.15, 0.2) is 12.1 Å². The lowest BCUT2D eigenvalue weighted by Gasteiger charge is -2.08. The topological polar surface area (TPSA) is 48.1 Å². The standard InChI is InChI=1S/C11H19N3O/c1-8(2)12-7-9-5-6-10(13-9)11(15)14(3)4/h5-6,8,12-13H,7H2,1-4H3. The molecular formula is C11H19N3O. The van der Waals surface area contributed by atoms with E-state index in [9.17, 15) is 4.79 Å². The molecule has 0 saturated heterocycles. The van der Waals surface area contributed by atoms with Gasteiger partial charge in [0.2, 0.25) is 0 Å². The summed E-state index contributed by atoms with van der Waals surface area (Å²) in [6.07, 6.45) is 0. The molecule has 0 spiro atoms. The van der Waals surface area contributed by atoms with Crippen LogP contribution in [0.3, 0.4) is 0 Å². The molecule has 2 N–H and O–H groups in total. The van der Waals surface area contributed by atoms with Crippen LogP contribution >= 0.6 is 0 Å². The number of carbonyl (C=O) groups excluding carboxylic acids is 1. The van der Waals surface area contributed by atoms with E-state index >= 15 is 0 Å². The first-order valence-electron chi connectivity index (χ1n) is 5.13. The minimum absolute atomic E-state index is 0.00537. The van der Waals surface area contributed by atoms with Gasteiger partial charge in [-0.25, -0.2) is 0 Å². The second-order valence-electron chi connectivity index (χ2n) is 4.13. The van der Waals surface area contributed by atoms with E-state index in [0.717, 1.165) is 12.2 Å². The monoisotopic (exact) mass is 209 g/mol. The van der Waals surface area contributed by atoms with E-state index in [2.05, 4.69) is 24.1 Å². The maximum Gasteiger partial charge on any atom is 0.269 e. The van der Waals surface area contributed by atoms with Crippen molar-refractivity contribution < 1.29 is 4.79 Å². The number of hydrogen-bond acceptors (Lipinski definition) is 2. The molecule has 0 aliphatic rings. The molecule has 0 aliphatic heterocycles. The normalized spacial score (nSPS) is 10.7. The van der Waals surface area contributed by atoms with E-state index in [-0.39, 0.29) is 5.91 Å². The van der Waals surface area contributed by atoms with E-state index in [1.54, 1.807) is 19.0 Å². The minimum atomic E-state index is 0.00537. The van der Waals surface area contributed by atoms with Gasteiger partial charge in [-0.1, -0.05) is 13.8 Å². The summed E-state index contributed by atoms with van der Waals surface area (Å²) in [4.78, 5) is 16.2. The van der Waals surface area contributed by atoms with Crippen LogP contribution in [-0.2, 0) is 6.54 Å². The molecular weight excluding hydrogens is 190 g/mol. The first-order valence-corrected chi connectivity index (χ1v) is 5.13. The lowest BCUT2D eigenvalue weighted by atomic mass is 10.3. The Bertz CT molecular complexity index is 328. The van der Waals surface area contributed by atoms with Gasteiger partial charge in [0, 0.05) is 32.4 Å². The smallest absolute Gasteiger partial charge is 0.269 e. The van der Waals surface area contributed by atoms with Gasteiger partial charge >= 0.3 is 0 Å². The maximum atomic E-state index is 11.6. The SMILES string of the molecule is CC(C)NCc1ccc(C(=O)N(C)C)[nH]1. The Morgan fingerprint density at radius 1 is 1.47 bits per heavy atom. The van der Waals surface area contributed by atoms with E-state index < -0.39 is 0 Å². The van der Waals surface area contributed by atoms with Crippen molar-refractivity contribution in [3.8, 4) is 0 Å². The Hall–Kier alpha value is -1.29. The van der Waals surface area contributed by atoms with Gasteiger partial charge in [-0.2, -0.15) is 0 Å². The van der Waals surface area contributed by atoms with Gasteiger partial charge in [-0.05, 0) is 12.1 Å². The number of H-pyrrole nitrogens is 1. The third kappa shape index (κ3) is 3.40. The predicted molar refractivity (Wildman–Crippen MR) is 60.8 cm³/mol. The third-order valence-electron chi connectivity index (χ3n) is 2.08. The summed E-state index contributed by atoms with van der Waals surface area (Å²) in [5, 5.41) is 3.29. The van der Waals surface area contributed by atoms with Crippen LogP contribution in [-0.4, -0.2) is 35.9 Å². The second kappa shape index (κ2) is 4.98. The Morgan fingerprint density at radius 3 is 2.67 bits per heavy atom. The average Bonchev–Trinajstić information content (AvgIpc) is 2.61. The van der Waals surface area contributed by atoms with Crippen LogP contribution in [0, 0.1) is 0 Å². The van der Waals surface area contributed by atoms with Gasteiger partial charge < -0.3 is 15.2 Å². The zero-order valence-electron chi connectivity index (χ0n) is 9.79. The van der Waals surface area contributed by atoms with Crippen molar-refractivity contribution in [1.29, 1.82) is 0 Å². The Labute approximate surface area is 90.7 Å². The van der Waals surface area contributed by atoms with Crippen LogP contribution in [0.2, 0.25) is 0 Å². The number of aromatic amines is 1. The quantitative estimate of drug-likeness (QED) is 0.783. The van der Waals surface area contributed by atoms with Crippen molar-refractivity contribution in [2.75, 3.05) is 14.1 Å². The van der Waals surface area contributed by atoms with Crippen molar-refractivity contribution in [2.45, 2.75) is 26.4 Å². The first kappa shape index (κ1) is 11.8. The van der Waals surface area contributed by atoms with Crippen molar-refractivity contribution in [2.24, 2.45) is 0 Å². The van der Waals surface area contributed by atoms with E-state index in [0.29, 0.717) is 11.7 Å². The molecule has 1 aromatic heterocycles. The summed E-state index contributed by atoms with van der Waals surface area (Å²) >= 11 is 0. The summed E-state index contributed by atoms with van der Waals surface area (Å²) in [6, 6.07) is 4.20. The molecule has 0 fully saturated rings. The highest BCUT2D eigenvalue weighted by molar-refractivity contribution is 5.92. The Kier molecular flexibility index (Phi) is 3.91. The zero-order chi connectivity index (χ0) is 11.4. The third-order valence-corrected chi connectivity index (χ3v) is 2.08. The Balaban J connectivity index is 2.60. The molecule has 1 amide bonds. The van der Waals surface area contributed by atoms with Crippen molar-refractivity contribution >= 4 is 5.91 Å². The molecule has 0 radical (unpaired) electrons. The summed E-state index contributed by atoms with van der Waals surface area (Å²) < 4.78 is 0. The average molecular weight is 209 g/mol. The fourth-order valence-corrected chi connectivity index (χ4v) is 1.22. The molecule has 1 aromatic rings. The number of carbonyl (C=O) groups is 1. The number of hydrogen-bond donors (Lipinski definition) is 2. The molecule has 1 heterocycles. The number of rotatable bonds is 4. The summed E-state index contributed by atoms with van der Waals surface area (Å²) in [6.45, 7) is 4.95. The predicted octanol–water partition coefficient (Wildman–Crippen LogP) is 1.21. The number of nitrogens with one attached hydrogen (secondary N) is 2. The summed E-state index contributed by atoms with van der Waals surface area (Å²) in [5.74, 6) is 0.00537. The second-order valence-corrected chi connectivity index (χ2v) is 4.13. The molecule has 4 heteroatoms. The van der Waals surface area contributed by atoms with E-state index in [1.165, 1.54) is 0 Å². The minimum Gasteiger partial charge on any atom is -0.353 e. The molecule has 0 saturated carbocycles. The molecule has 84 valence electrons. The summed E-state index contributed by atoms with van der Waals surface area (Å²) in [7, 11) is 3.49. The van der Waals surface area contributed by atoms with Crippen LogP contribution in [0.1, 0.15) is 30.0 Å². The molecule has 0 bridgehead atoms. The van der Waals surface area contributed by atoms with Crippen molar-refractivity contribution in [3.63, 3.8) is 0 Å². The molecule has 1 rings (SSSR count). The van der Waals surface area contributed by atoms with Crippen molar-refractivity contribution in [3.05, 3.63) is 23.5 Å². The van der Waals surface area contributed by atoms with Gasteiger partial charge in [0.25, 0.3) is 5.91 Å². The van der Waals surface area contributed by atoms with Crippen LogP contribution in [0.4, 0.5) is 0 Å². The first-order chi connectivity index (χ1) is 7.00. The largest absolute Gasteiger partial charge is 0.353 e. The summed E-state index contributed by atoms with van der Waals surface area (Å²) in [5.41, 5.74) is 1.68.